The van der Waals surface area contributed by atoms with Gasteiger partial charge >= 0.3 is 0 Å². The topological polar surface area (TPSA) is 63.4 Å². The summed E-state index contributed by atoms with van der Waals surface area (Å²) in [7, 11) is -3.44. The highest BCUT2D eigenvalue weighted by Gasteiger charge is 2.34. The summed E-state index contributed by atoms with van der Waals surface area (Å²) in [5.74, 6) is 0.766. The van der Waals surface area contributed by atoms with Gasteiger partial charge in [0, 0.05) is 18.7 Å². The summed E-state index contributed by atoms with van der Waals surface area (Å²) in [5, 5.41) is 0. The lowest BCUT2D eigenvalue weighted by molar-refractivity contribution is 0.463. The standard InChI is InChI=1S/C13H18N2O2S2/c1-9-7-15(8-10(9)2)19(16,17)12-5-3-4-11(6-12)13(14)18/h3-6,9-10H,7-8H2,1-2H3,(H2,14,18). The van der Waals surface area contributed by atoms with Gasteiger partial charge in [-0.2, -0.15) is 4.31 Å². The Hall–Kier alpha value is -0.980. The molecule has 0 bridgehead atoms. The number of nitrogens with two attached hydrogens (primary N) is 1. The second-order valence-electron chi connectivity index (χ2n) is 5.17. The highest BCUT2D eigenvalue weighted by molar-refractivity contribution is 7.89. The van der Waals surface area contributed by atoms with Crippen LogP contribution in [-0.4, -0.2) is 30.8 Å². The van der Waals surface area contributed by atoms with Crippen molar-refractivity contribution >= 4 is 27.2 Å². The van der Waals surface area contributed by atoms with Crippen LogP contribution in [0, 0.1) is 11.8 Å². The van der Waals surface area contributed by atoms with Crippen LogP contribution in [0.2, 0.25) is 0 Å². The van der Waals surface area contributed by atoms with E-state index in [0.717, 1.165) is 0 Å². The van der Waals surface area contributed by atoms with E-state index in [1.807, 2.05) is 0 Å². The molecular weight excluding hydrogens is 280 g/mol. The van der Waals surface area contributed by atoms with Crippen molar-refractivity contribution in [3.63, 3.8) is 0 Å². The lowest BCUT2D eigenvalue weighted by Gasteiger charge is -2.16. The van der Waals surface area contributed by atoms with E-state index >= 15 is 0 Å². The maximum absolute atomic E-state index is 12.5. The fourth-order valence-corrected chi connectivity index (χ4v) is 4.05. The van der Waals surface area contributed by atoms with Gasteiger partial charge in [-0.3, -0.25) is 0 Å². The molecule has 1 fully saturated rings. The fourth-order valence-electron chi connectivity index (χ4n) is 2.23. The summed E-state index contributed by atoms with van der Waals surface area (Å²) >= 11 is 4.89. The molecule has 0 aromatic heterocycles. The van der Waals surface area contributed by atoms with Crippen LogP contribution in [0.4, 0.5) is 0 Å². The predicted molar refractivity (Wildman–Crippen MR) is 79.4 cm³/mol. The minimum Gasteiger partial charge on any atom is -0.389 e. The third kappa shape index (κ3) is 2.80. The Morgan fingerprint density at radius 1 is 1.32 bits per heavy atom. The Balaban J connectivity index is 2.35. The average Bonchev–Trinajstić information content (AvgIpc) is 2.70. The van der Waals surface area contributed by atoms with Gasteiger partial charge in [0.1, 0.15) is 4.99 Å². The number of thiocarbonyl (C=S) groups is 1. The summed E-state index contributed by atoms with van der Waals surface area (Å²) < 4.78 is 26.6. The average molecular weight is 298 g/mol. The van der Waals surface area contributed by atoms with E-state index in [0.29, 0.717) is 30.5 Å². The Kier molecular flexibility index (Phi) is 3.94. The number of sulfonamides is 1. The molecule has 1 aromatic rings. The maximum Gasteiger partial charge on any atom is 0.243 e. The van der Waals surface area contributed by atoms with E-state index in [1.165, 1.54) is 0 Å². The predicted octanol–water partition coefficient (Wildman–Crippen LogP) is 1.60. The van der Waals surface area contributed by atoms with Crippen LogP contribution in [0.15, 0.2) is 29.2 Å². The van der Waals surface area contributed by atoms with Crippen molar-refractivity contribution in [2.24, 2.45) is 17.6 Å². The second-order valence-corrected chi connectivity index (χ2v) is 7.55. The van der Waals surface area contributed by atoms with Gasteiger partial charge in [0.25, 0.3) is 0 Å². The molecule has 0 saturated carbocycles. The molecule has 1 saturated heterocycles. The summed E-state index contributed by atoms with van der Waals surface area (Å²) in [5.41, 5.74) is 6.13. The van der Waals surface area contributed by atoms with E-state index in [2.05, 4.69) is 13.8 Å². The zero-order valence-electron chi connectivity index (χ0n) is 11.0. The molecule has 2 unspecified atom stereocenters. The molecule has 0 aliphatic carbocycles. The molecular formula is C13H18N2O2S2. The van der Waals surface area contributed by atoms with E-state index < -0.39 is 10.0 Å². The number of hydrogen-bond donors (Lipinski definition) is 1. The summed E-state index contributed by atoms with van der Waals surface area (Å²) in [6.07, 6.45) is 0. The molecule has 104 valence electrons. The lowest BCUT2D eigenvalue weighted by Crippen LogP contribution is -2.29. The number of nitrogens with zero attached hydrogens (tertiary/aromatic N) is 1. The smallest absolute Gasteiger partial charge is 0.243 e. The fraction of sp³-hybridized carbons (Fsp3) is 0.462. The molecule has 1 heterocycles. The molecule has 4 nitrogen and oxygen atoms in total. The van der Waals surface area contributed by atoms with Crippen LogP contribution >= 0.6 is 12.2 Å². The number of benzene rings is 1. The van der Waals surface area contributed by atoms with Crippen LogP contribution in [-0.2, 0) is 10.0 Å². The molecule has 2 N–H and O–H groups in total. The number of hydrogen-bond acceptors (Lipinski definition) is 3. The normalized spacial score (nSPS) is 24.5. The van der Waals surface area contributed by atoms with Gasteiger partial charge in [0.2, 0.25) is 10.0 Å². The van der Waals surface area contributed by atoms with E-state index in [-0.39, 0.29) is 9.88 Å². The quantitative estimate of drug-likeness (QED) is 0.861. The van der Waals surface area contributed by atoms with Crippen molar-refractivity contribution in [3.05, 3.63) is 29.8 Å². The van der Waals surface area contributed by atoms with Crippen molar-refractivity contribution in [1.82, 2.24) is 4.31 Å². The van der Waals surface area contributed by atoms with Crippen LogP contribution < -0.4 is 5.73 Å². The molecule has 1 aliphatic heterocycles. The molecule has 0 spiro atoms. The first-order valence-electron chi connectivity index (χ1n) is 6.22. The van der Waals surface area contributed by atoms with Gasteiger partial charge < -0.3 is 5.73 Å². The molecule has 0 amide bonds. The highest BCUT2D eigenvalue weighted by Crippen LogP contribution is 2.28. The monoisotopic (exact) mass is 298 g/mol. The van der Waals surface area contributed by atoms with E-state index in [1.54, 1.807) is 28.6 Å². The van der Waals surface area contributed by atoms with Crippen molar-refractivity contribution in [3.8, 4) is 0 Å². The Morgan fingerprint density at radius 2 is 1.89 bits per heavy atom. The van der Waals surface area contributed by atoms with Gasteiger partial charge in [-0.05, 0) is 24.0 Å². The largest absolute Gasteiger partial charge is 0.389 e. The Morgan fingerprint density at radius 3 is 2.42 bits per heavy atom. The third-order valence-electron chi connectivity index (χ3n) is 3.71. The Bertz CT molecular complexity index is 588. The van der Waals surface area contributed by atoms with Crippen molar-refractivity contribution in [1.29, 1.82) is 0 Å². The van der Waals surface area contributed by atoms with Crippen molar-refractivity contribution in [2.75, 3.05) is 13.1 Å². The molecule has 1 aromatic carbocycles. The summed E-state index contributed by atoms with van der Waals surface area (Å²) in [6.45, 7) is 5.29. The van der Waals surface area contributed by atoms with Crippen LogP contribution in [0.5, 0.6) is 0 Å². The highest BCUT2D eigenvalue weighted by atomic mass is 32.2. The maximum atomic E-state index is 12.5. The molecule has 2 atom stereocenters. The number of rotatable bonds is 3. The van der Waals surface area contributed by atoms with E-state index in [4.69, 9.17) is 18.0 Å². The molecule has 0 radical (unpaired) electrons. The van der Waals surface area contributed by atoms with Crippen LogP contribution in [0.3, 0.4) is 0 Å². The van der Waals surface area contributed by atoms with Crippen molar-refractivity contribution < 1.29 is 8.42 Å². The van der Waals surface area contributed by atoms with Crippen LogP contribution in [0.25, 0.3) is 0 Å². The second kappa shape index (κ2) is 5.19. The van der Waals surface area contributed by atoms with Gasteiger partial charge in [0.05, 0.1) is 4.90 Å². The summed E-state index contributed by atoms with van der Waals surface area (Å²) in [6, 6.07) is 6.52. The molecule has 6 heteroatoms. The van der Waals surface area contributed by atoms with E-state index in [9.17, 15) is 8.42 Å². The van der Waals surface area contributed by atoms with Crippen molar-refractivity contribution in [2.45, 2.75) is 18.7 Å². The summed E-state index contributed by atoms with van der Waals surface area (Å²) in [4.78, 5) is 0.472. The van der Waals surface area contributed by atoms with Gasteiger partial charge in [-0.15, -0.1) is 0 Å². The van der Waals surface area contributed by atoms with Gasteiger partial charge in [-0.25, -0.2) is 8.42 Å². The lowest BCUT2D eigenvalue weighted by atomic mass is 10.0. The first kappa shape index (κ1) is 14.4. The first-order chi connectivity index (χ1) is 8.82. The minimum atomic E-state index is -3.44. The SMILES string of the molecule is CC1CN(S(=O)(=O)c2cccc(C(N)=S)c2)CC1C. The molecule has 1 aliphatic rings. The third-order valence-corrected chi connectivity index (χ3v) is 5.77. The minimum absolute atomic E-state index is 0.209. The van der Waals surface area contributed by atoms with Gasteiger partial charge in [0.15, 0.2) is 0 Å². The Labute approximate surface area is 119 Å². The van der Waals surface area contributed by atoms with Gasteiger partial charge in [-0.1, -0.05) is 38.2 Å². The molecule has 19 heavy (non-hydrogen) atoms. The van der Waals surface area contributed by atoms with Crippen LogP contribution in [0.1, 0.15) is 19.4 Å². The first-order valence-corrected chi connectivity index (χ1v) is 8.07. The zero-order valence-corrected chi connectivity index (χ0v) is 12.7. The molecule has 2 rings (SSSR count). The zero-order chi connectivity index (χ0) is 14.2.